The zero-order valence-electron chi connectivity index (χ0n) is 26.4. The van der Waals surface area contributed by atoms with Gasteiger partial charge >= 0.3 is 12.1 Å². The van der Waals surface area contributed by atoms with Crippen molar-refractivity contribution in [2.45, 2.75) is 70.0 Å². The third-order valence-corrected chi connectivity index (χ3v) is 8.75. The van der Waals surface area contributed by atoms with Crippen LogP contribution in [0.1, 0.15) is 57.1 Å². The van der Waals surface area contributed by atoms with Crippen molar-refractivity contribution in [2.24, 2.45) is 5.41 Å². The molecule has 0 saturated heterocycles. The molecule has 0 fully saturated rings. The summed E-state index contributed by atoms with van der Waals surface area (Å²) in [7, 11) is 0. The zero-order valence-corrected chi connectivity index (χ0v) is 27.2. The summed E-state index contributed by atoms with van der Waals surface area (Å²) in [5, 5.41) is 11.1. The third-order valence-electron chi connectivity index (χ3n) is 7.48. The van der Waals surface area contributed by atoms with Crippen LogP contribution in [0.25, 0.3) is 22.2 Å². The van der Waals surface area contributed by atoms with Crippen LogP contribution in [0.4, 0.5) is 13.2 Å². The van der Waals surface area contributed by atoms with Gasteiger partial charge in [-0.15, -0.1) is 11.8 Å². The summed E-state index contributed by atoms with van der Waals surface area (Å²) in [5.74, 6) is -0.202. The minimum atomic E-state index is -4.45. The van der Waals surface area contributed by atoms with Crippen LogP contribution in [0.5, 0.6) is 5.75 Å². The lowest BCUT2D eigenvalue weighted by molar-refractivity contribution is -0.147. The second kappa shape index (κ2) is 12.8. The standard InChI is InChI=1S/C36H36F3N3O3S/c1-34(2,3)46-32-28-18-27(45-22-26-8-6-7-17-40-26)14-16-30(28)42(31(32)19-35(4,5)33(43)44)21-23-9-11-24(12-10-23)29-15-13-25(20-41-29)36(37,38)39/h6-18,20H,19,21-22H2,1-5H3,(H,43,44). The van der Waals surface area contributed by atoms with Gasteiger partial charge in [0.2, 0.25) is 0 Å². The second-order valence-electron chi connectivity index (χ2n) is 12.9. The molecule has 0 amide bonds. The molecule has 5 rings (SSSR count). The zero-order chi connectivity index (χ0) is 33.3. The fourth-order valence-electron chi connectivity index (χ4n) is 5.05. The van der Waals surface area contributed by atoms with E-state index in [4.69, 9.17) is 4.74 Å². The number of aromatic nitrogens is 3. The van der Waals surface area contributed by atoms with Gasteiger partial charge in [-0.3, -0.25) is 14.8 Å². The van der Waals surface area contributed by atoms with E-state index in [1.165, 1.54) is 6.07 Å². The van der Waals surface area contributed by atoms with E-state index < -0.39 is 23.1 Å². The molecule has 46 heavy (non-hydrogen) atoms. The van der Waals surface area contributed by atoms with E-state index in [0.717, 1.165) is 45.0 Å². The number of carboxylic acid groups (broad SMARTS) is 1. The molecule has 10 heteroatoms. The second-order valence-corrected chi connectivity index (χ2v) is 14.7. The molecule has 0 aliphatic carbocycles. The topological polar surface area (TPSA) is 77.2 Å². The third kappa shape index (κ3) is 7.73. The van der Waals surface area contributed by atoms with Crippen LogP contribution in [0, 0.1) is 5.41 Å². The first kappa shape index (κ1) is 33.1. The van der Waals surface area contributed by atoms with Crippen LogP contribution in [0.15, 0.2) is 90.1 Å². The fourth-order valence-corrected chi connectivity index (χ4v) is 6.24. The molecule has 0 radical (unpaired) electrons. The number of halogens is 3. The van der Waals surface area contributed by atoms with Crippen molar-refractivity contribution in [3.8, 4) is 17.0 Å². The molecular weight excluding hydrogens is 611 g/mol. The number of hydrogen-bond donors (Lipinski definition) is 1. The molecule has 0 aliphatic heterocycles. The first-order valence-corrected chi connectivity index (χ1v) is 15.7. The molecule has 3 heterocycles. The van der Waals surface area contributed by atoms with Crippen LogP contribution in [0.2, 0.25) is 0 Å². The quantitative estimate of drug-likeness (QED) is 0.152. The Kier molecular flexibility index (Phi) is 9.22. The van der Waals surface area contributed by atoms with Crippen molar-refractivity contribution < 1.29 is 27.8 Å². The molecule has 5 aromatic rings. The van der Waals surface area contributed by atoms with Gasteiger partial charge in [0.15, 0.2) is 0 Å². The number of nitrogens with zero attached hydrogens (tertiary/aromatic N) is 3. The maximum atomic E-state index is 13.0. The van der Waals surface area contributed by atoms with Gasteiger partial charge in [0, 0.05) is 57.2 Å². The Morgan fingerprint density at radius 1 is 0.935 bits per heavy atom. The highest BCUT2D eigenvalue weighted by Crippen LogP contribution is 2.44. The van der Waals surface area contributed by atoms with E-state index in [1.807, 2.05) is 60.7 Å². The number of benzene rings is 2. The number of rotatable bonds is 10. The molecule has 240 valence electrons. The van der Waals surface area contributed by atoms with E-state index in [9.17, 15) is 23.1 Å². The molecule has 0 spiro atoms. The SMILES string of the molecule is CC(C)(C)Sc1c(CC(C)(C)C(=O)O)n(Cc2ccc(-c3ccc(C(F)(F)F)cn3)cc2)c2ccc(OCc3ccccn3)cc12. The van der Waals surface area contributed by atoms with Crippen LogP contribution < -0.4 is 4.74 Å². The van der Waals surface area contributed by atoms with E-state index in [-0.39, 0.29) is 4.75 Å². The largest absolute Gasteiger partial charge is 0.487 e. The molecule has 1 N–H and O–H groups in total. The monoisotopic (exact) mass is 647 g/mol. The number of carboxylic acids is 1. The number of carbonyl (C=O) groups is 1. The van der Waals surface area contributed by atoms with Crippen LogP contribution in [-0.2, 0) is 30.5 Å². The van der Waals surface area contributed by atoms with Gasteiger partial charge in [0.05, 0.1) is 22.4 Å². The van der Waals surface area contributed by atoms with Crippen LogP contribution in [0.3, 0.4) is 0 Å². The number of aliphatic carboxylic acids is 1. The molecule has 0 aliphatic rings. The summed E-state index contributed by atoms with van der Waals surface area (Å²) >= 11 is 1.70. The average Bonchev–Trinajstić information content (AvgIpc) is 3.25. The van der Waals surface area contributed by atoms with Gasteiger partial charge in [-0.25, -0.2) is 0 Å². The minimum Gasteiger partial charge on any atom is -0.487 e. The average molecular weight is 648 g/mol. The van der Waals surface area contributed by atoms with Gasteiger partial charge in [-0.1, -0.05) is 51.1 Å². The predicted octanol–water partition coefficient (Wildman–Crippen LogP) is 9.29. The first-order valence-electron chi connectivity index (χ1n) is 14.8. The highest BCUT2D eigenvalue weighted by Gasteiger charge is 2.33. The Bertz CT molecular complexity index is 1830. The van der Waals surface area contributed by atoms with Crippen molar-refractivity contribution in [1.29, 1.82) is 0 Å². The minimum absolute atomic E-state index is 0.164. The van der Waals surface area contributed by atoms with Crippen molar-refractivity contribution in [1.82, 2.24) is 14.5 Å². The van der Waals surface area contributed by atoms with Crippen LogP contribution >= 0.6 is 11.8 Å². The van der Waals surface area contributed by atoms with Crippen molar-refractivity contribution in [3.05, 3.63) is 108 Å². The van der Waals surface area contributed by atoms with Gasteiger partial charge in [0.1, 0.15) is 12.4 Å². The Morgan fingerprint density at radius 2 is 1.67 bits per heavy atom. The molecule has 0 unspecified atom stereocenters. The lowest BCUT2D eigenvalue weighted by Crippen LogP contribution is -2.28. The highest BCUT2D eigenvalue weighted by atomic mass is 32.2. The molecule has 0 saturated carbocycles. The van der Waals surface area contributed by atoms with Gasteiger partial charge in [0.25, 0.3) is 0 Å². The Labute approximate surface area is 270 Å². The van der Waals surface area contributed by atoms with E-state index in [2.05, 4.69) is 35.3 Å². The summed E-state index contributed by atoms with van der Waals surface area (Å²) < 4.78 is 47.2. The molecule has 3 aromatic heterocycles. The summed E-state index contributed by atoms with van der Waals surface area (Å²) in [6.07, 6.45) is -1.58. The lowest BCUT2D eigenvalue weighted by atomic mass is 9.88. The number of fused-ring (bicyclic) bond motifs is 1. The highest BCUT2D eigenvalue weighted by molar-refractivity contribution is 8.00. The maximum absolute atomic E-state index is 13.0. The van der Waals surface area contributed by atoms with Gasteiger partial charge < -0.3 is 14.4 Å². The smallest absolute Gasteiger partial charge is 0.417 e. The van der Waals surface area contributed by atoms with Crippen molar-refractivity contribution in [3.63, 3.8) is 0 Å². The first-order chi connectivity index (χ1) is 21.6. The molecule has 2 aromatic carbocycles. The summed E-state index contributed by atoms with van der Waals surface area (Å²) in [6.45, 7) is 10.6. The number of ether oxygens (including phenoxy) is 1. The van der Waals surface area contributed by atoms with Crippen molar-refractivity contribution >= 4 is 28.6 Å². The van der Waals surface area contributed by atoms with E-state index >= 15 is 0 Å². The van der Waals surface area contributed by atoms with Gasteiger partial charge in [-0.2, -0.15) is 13.2 Å². The fraction of sp³-hybridized carbons (Fsp3) is 0.306. The molecular formula is C36H36F3N3O3S. The van der Waals surface area contributed by atoms with E-state index in [1.54, 1.807) is 31.8 Å². The number of alkyl halides is 3. The summed E-state index contributed by atoms with van der Waals surface area (Å²) in [5.41, 5.74) is 2.93. The predicted molar refractivity (Wildman–Crippen MR) is 175 cm³/mol. The van der Waals surface area contributed by atoms with Crippen LogP contribution in [-0.4, -0.2) is 30.4 Å². The molecule has 0 bridgehead atoms. The molecule has 0 atom stereocenters. The number of pyridine rings is 2. The van der Waals surface area contributed by atoms with Gasteiger partial charge in [-0.05, 0) is 61.9 Å². The van der Waals surface area contributed by atoms with E-state index in [0.29, 0.717) is 36.6 Å². The number of hydrogen-bond acceptors (Lipinski definition) is 5. The Hall–Kier alpha value is -4.31. The Morgan fingerprint density at radius 3 is 2.26 bits per heavy atom. The van der Waals surface area contributed by atoms with Crippen molar-refractivity contribution in [2.75, 3.05) is 0 Å². The maximum Gasteiger partial charge on any atom is 0.417 e. The summed E-state index contributed by atoms with van der Waals surface area (Å²) in [6, 6.07) is 21.5. The summed E-state index contributed by atoms with van der Waals surface area (Å²) in [4.78, 5) is 21.7. The molecule has 6 nitrogen and oxygen atoms in total. The lowest BCUT2D eigenvalue weighted by Gasteiger charge is -2.24. The Balaban J connectivity index is 1.55. The number of thioether (sulfide) groups is 1. The normalized spacial score (nSPS) is 12.4.